The summed E-state index contributed by atoms with van der Waals surface area (Å²) in [5.41, 5.74) is 6.09. The molecule has 2 aliphatic heterocycles. The average Bonchev–Trinajstić information content (AvgIpc) is 2.84. The molecule has 0 spiro atoms. The van der Waals surface area contributed by atoms with Gasteiger partial charge in [-0.3, -0.25) is 4.90 Å². The zero-order valence-corrected chi connectivity index (χ0v) is 11.9. The van der Waals surface area contributed by atoms with Gasteiger partial charge in [-0.2, -0.15) is 4.98 Å². The van der Waals surface area contributed by atoms with Crippen LogP contribution in [0.1, 0.15) is 51.2 Å². The summed E-state index contributed by atoms with van der Waals surface area (Å²) in [7, 11) is 0. The van der Waals surface area contributed by atoms with Crippen molar-refractivity contribution in [3.05, 3.63) is 11.7 Å². The molecule has 2 fully saturated rings. The lowest BCUT2D eigenvalue weighted by molar-refractivity contribution is 0.115. The zero-order valence-electron chi connectivity index (χ0n) is 11.9. The topological polar surface area (TPSA) is 68.2 Å². The Hall–Kier alpha value is -0.940. The maximum absolute atomic E-state index is 6.09. The van der Waals surface area contributed by atoms with Crippen LogP contribution in [0.4, 0.5) is 0 Å². The van der Waals surface area contributed by atoms with E-state index < -0.39 is 0 Å². The minimum absolute atomic E-state index is 0.385. The van der Waals surface area contributed by atoms with E-state index in [2.05, 4.69) is 28.9 Å². The first kappa shape index (κ1) is 13.1. The van der Waals surface area contributed by atoms with Gasteiger partial charge in [-0.1, -0.05) is 19.0 Å². The summed E-state index contributed by atoms with van der Waals surface area (Å²) in [6.45, 7) is 5.15. The molecule has 106 valence electrons. The second-order valence-electron chi connectivity index (χ2n) is 6.49. The van der Waals surface area contributed by atoms with E-state index >= 15 is 0 Å². The first-order chi connectivity index (χ1) is 9.11. The van der Waals surface area contributed by atoms with E-state index in [9.17, 15) is 0 Å². The maximum Gasteiger partial charge on any atom is 0.226 e. The lowest BCUT2D eigenvalue weighted by Crippen LogP contribution is -2.46. The molecule has 2 saturated heterocycles. The van der Waals surface area contributed by atoms with Crippen LogP contribution in [-0.4, -0.2) is 33.2 Å². The van der Waals surface area contributed by atoms with E-state index in [1.165, 1.54) is 12.8 Å². The van der Waals surface area contributed by atoms with Crippen LogP contribution in [0.15, 0.2) is 4.52 Å². The highest BCUT2D eigenvalue weighted by Gasteiger charge is 2.39. The standard InChI is InChI=1S/C14H24N4O/c1-9(2)5-14-16-13(17-19-14)8-18-11-3-4-12(18)7-10(15)6-11/h9-12H,3-8,15H2,1-2H3. The first-order valence-corrected chi connectivity index (χ1v) is 7.44. The van der Waals surface area contributed by atoms with Crippen LogP contribution >= 0.6 is 0 Å². The molecule has 1 aromatic rings. The van der Waals surface area contributed by atoms with Crippen molar-refractivity contribution in [2.45, 2.75) is 70.6 Å². The minimum atomic E-state index is 0.385. The Balaban J connectivity index is 1.64. The molecule has 2 unspecified atom stereocenters. The maximum atomic E-state index is 6.09. The minimum Gasteiger partial charge on any atom is -0.339 e. The summed E-state index contributed by atoms with van der Waals surface area (Å²) < 4.78 is 5.32. The number of rotatable bonds is 4. The van der Waals surface area contributed by atoms with E-state index in [1.807, 2.05) is 0 Å². The number of nitrogens with zero attached hydrogens (tertiary/aromatic N) is 3. The van der Waals surface area contributed by atoms with Gasteiger partial charge < -0.3 is 10.3 Å². The van der Waals surface area contributed by atoms with Crippen LogP contribution in [0.3, 0.4) is 0 Å². The molecule has 3 rings (SSSR count). The fraction of sp³-hybridized carbons (Fsp3) is 0.857. The molecule has 5 heteroatoms. The second kappa shape index (κ2) is 5.21. The third kappa shape index (κ3) is 2.82. The lowest BCUT2D eigenvalue weighted by atomic mass is 9.98. The van der Waals surface area contributed by atoms with Gasteiger partial charge in [0.15, 0.2) is 5.82 Å². The highest BCUT2D eigenvalue weighted by Crippen LogP contribution is 2.35. The molecule has 2 aliphatic rings. The fourth-order valence-corrected chi connectivity index (χ4v) is 3.52. The summed E-state index contributed by atoms with van der Waals surface area (Å²) in [4.78, 5) is 7.04. The van der Waals surface area contributed by atoms with Gasteiger partial charge in [0.1, 0.15) is 0 Å². The number of piperidine rings is 1. The van der Waals surface area contributed by atoms with Crippen LogP contribution in [0.5, 0.6) is 0 Å². The molecule has 0 radical (unpaired) electrons. The number of hydrogen-bond donors (Lipinski definition) is 1. The predicted molar refractivity (Wildman–Crippen MR) is 72.4 cm³/mol. The molecule has 19 heavy (non-hydrogen) atoms. The number of fused-ring (bicyclic) bond motifs is 2. The van der Waals surface area contributed by atoms with Crippen molar-refractivity contribution < 1.29 is 4.52 Å². The molecule has 2 N–H and O–H groups in total. The molecule has 0 amide bonds. The summed E-state index contributed by atoms with van der Waals surface area (Å²) in [5, 5.41) is 4.12. The highest BCUT2D eigenvalue weighted by molar-refractivity contribution is 4.99. The molecule has 3 heterocycles. The van der Waals surface area contributed by atoms with Crippen molar-refractivity contribution >= 4 is 0 Å². The van der Waals surface area contributed by atoms with Crippen LogP contribution in [0.2, 0.25) is 0 Å². The Labute approximate surface area is 114 Å². The van der Waals surface area contributed by atoms with E-state index in [-0.39, 0.29) is 0 Å². The molecule has 2 bridgehead atoms. The quantitative estimate of drug-likeness (QED) is 0.897. The van der Waals surface area contributed by atoms with Gasteiger partial charge in [-0.25, -0.2) is 0 Å². The van der Waals surface area contributed by atoms with E-state index in [0.29, 0.717) is 24.0 Å². The Morgan fingerprint density at radius 1 is 1.32 bits per heavy atom. The summed E-state index contributed by atoms with van der Waals surface area (Å²) in [6, 6.07) is 1.64. The highest BCUT2D eigenvalue weighted by atomic mass is 16.5. The van der Waals surface area contributed by atoms with E-state index in [4.69, 9.17) is 10.3 Å². The Bertz CT molecular complexity index is 417. The summed E-state index contributed by atoms with van der Waals surface area (Å²) in [5.74, 6) is 2.16. The summed E-state index contributed by atoms with van der Waals surface area (Å²) in [6.07, 6.45) is 5.65. The largest absolute Gasteiger partial charge is 0.339 e. The van der Waals surface area contributed by atoms with Gasteiger partial charge in [-0.15, -0.1) is 0 Å². The normalized spacial score (nSPS) is 31.3. The van der Waals surface area contributed by atoms with Crippen molar-refractivity contribution in [3.63, 3.8) is 0 Å². The predicted octanol–water partition coefficient (Wildman–Crippen LogP) is 1.72. The fourth-order valence-electron chi connectivity index (χ4n) is 3.52. The third-order valence-corrected chi connectivity index (χ3v) is 4.34. The van der Waals surface area contributed by atoms with Gasteiger partial charge in [0.05, 0.1) is 6.54 Å². The average molecular weight is 264 g/mol. The first-order valence-electron chi connectivity index (χ1n) is 7.44. The van der Waals surface area contributed by atoms with Crippen LogP contribution in [0.25, 0.3) is 0 Å². The van der Waals surface area contributed by atoms with Crippen molar-refractivity contribution in [2.24, 2.45) is 11.7 Å². The monoisotopic (exact) mass is 264 g/mol. The molecule has 1 aromatic heterocycles. The smallest absolute Gasteiger partial charge is 0.226 e. The summed E-state index contributed by atoms with van der Waals surface area (Å²) >= 11 is 0. The number of aromatic nitrogens is 2. The van der Waals surface area contributed by atoms with Gasteiger partial charge in [0.25, 0.3) is 0 Å². The molecule has 5 nitrogen and oxygen atoms in total. The van der Waals surface area contributed by atoms with Gasteiger partial charge in [0.2, 0.25) is 5.89 Å². The van der Waals surface area contributed by atoms with Crippen LogP contribution < -0.4 is 5.73 Å². The van der Waals surface area contributed by atoms with Gasteiger partial charge in [0, 0.05) is 24.5 Å². The SMILES string of the molecule is CC(C)Cc1nc(CN2C3CCC2CC(N)C3)no1. The van der Waals surface area contributed by atoms with Crippen molar-refractivity contribution in [3.8, 4) is 0 Å². The number of hydrogen-bond acceptors (Lipinski definition) is 5. The van der Waals surface area contributed by atoms with E-state index in [1.54, 1.807) is 0 Å². The van der Waals surface area contributed by atoms with E-state index in [0.717, 1.165) is 37.5 Å². The molecule has 0 aromatic carbocycles. The van der Waals surface area contributed by atoms with Gasteiger partial charge in [-0.05, 0) is 31.6 Å². The van der Waals surface area contributed by atoms with Crippen molar-refractivity contribution in [2.75, 3.05) is 0 Å². The second-order valence-corrected chi connectivity index (χ2v) is 6.49. The van der Waals surface area contributed by atoms with Crippen molar-refractivity contribution in [1.29, 1.82) is 0 Å². The molecular weight excluding hydrogens is 240 g/mol. The molecule has 0 saturated carbocycles. The zero-order chi connectivity index (χ0) is 13.4. The molecular formula is C14H24N4O. The van der Waals surface area contributed by atoms with Gasteiger partial charge >= 0.3 is 0 Å². The lowest BCUT2D eigenvalue weighted by Gasteiger charge is -2.36. The Kier molecular flexibility index (Phi) is 3.58. The Morgan fingerprint density at radius 2 is 2.00 bits per heavy atom. The van der Waals surface area contributed by atoms with Crippen LogP contribution in [0, 0.1) is 5.92 Å². The molecule has 0 aliphatic carbocycles. The third-order valence-electron chi connectivity index (χ3n) is 4.34. The number of nitrogens with two attached hydrogens (primary N) is 1. The Morgan fingerprint density at radius 3 is 2.63 bits per heavy atom. The molecule has 2 atom stereocenters. The van der Waals surface area contributed by atoms with Crippen molar-refractivity contribution in [1.82, 2.24) is 15.0 Å². The van der Waals surface area contributed by atoms with Crippen LogP contribution in [-0.2, 0) is 13.0 Å².